The Balaban J connectivity index is 1.64. The third-order valence-electron chi connectivity index (χ3n) is 4.01. The third kappa shape index (κ3) is 6.28. The second-order valence-electron chi connectivity index (χ2n) is 5.61. The lowest BCUT2D eigenvalue weighted by molar-refractivity contribution is 0.309. The summed E-state index contributed by atoms with van der Waals surface area (Å²) in [5, 5.41) is 0. The maximum absolute atomic E-state index is 2.64. The third-order valence-corrected chi connectivity index (χ3v) is 4.91. The van der Waals surface area contributed by atoms with Gasteiger partial charge in [0.05, 0.1) is 0 Å². The second kappa shape index (κ2) is 9.53. The van der Waals surface area contributed by atoms with Gasteiger partial charge in [-0.15, -0.1) is 0 Å². The summed E-state index contributed by atoms with van der Waals surface area (Å²) in [5.74, 6) is 0. The molecular weight excluding hydrogens is 270 g/mol. The van der Waals surface area contributed by atoms with Crippen LogP contribution >= 0.6 is 0 Å². The standard InChI is InChI=1S/C19H27NSi/c21-17-20(15-7-13-18-9-3-1-4-10-18)16-8-14-19-11-5-2-6-12-19/h1-6,9-12H,7-8,13-17H2,21H3. The van der Waals surface area contributed by atoms with Crippen LogP contribution < -0.4 is 0 Å². The number of aryl methyl sites for hydroxylation is 2. The molecule has 112 valence electrons. The molecule has 21 heavy (non-hydrogen) atoms. The molecule has 0 spiro atoms. The van der Waals surface area contributed by atoms with Crippen molar-refractivity contribution in [2.45, 2.75) is 25.7 Å². The predicted octanol–water partition coefficient (Wildman–Crippen LogP) is 2.88. The molecule has 2 aromatic rings. The monoisotopic (exact) mass is 297 g/mol. The van der Waals surface area contributed by atoms with E-state index in [4.69, 9.17) is 0 Å². The highest BCUT2D eigenvalue weighted by molar-refractivity contribution is 6.08. The Labute approximate surface area is 132 Å². The van der Waals surface area contributed by atoms with Crippen LogP contribution in [0.25, 0.3) is 0 Å². The first kappa shape index (κ1) is 16.0. The summed E-state index contributed by atoms with van der Waals surface area (Å²) in [5.41, 5.74) is 2.94. The summed E-state index contributed by atoms with van der Waals surface area (Å²) >= 11 is 0. The van der Waals surface area contributed by atoms with Gasteiger partial charge in [-0.05, 0) is 56.1 Å². The van der Waals surface area contributed by atoms with Gasteiger partial charge < -0.3 is 4.90 Å². The van der Waals surface area contributed by atoms with Crippen LogP contribution in [0.15, 0.2) is 60.7 Å². The van der Waals surface area contributed by atoms with E-state index in [0.717, 1.165) is 0 Å². The maximum atomic E-state index is 2.64. The van der Waals surface area contributed by atoms with Gasteiger partial charge in [-0.1, -0.05) is 60.7 Å². The highest BCUT2D eigenvalue weighted by atomic mass is 28.1. The molecule has 1 nitrogen and oxygen atoms in total. The summed E-state index contributed by atoms with van der Waals surface area (Å²) in [6, 6.07) is 21.7. The molecule has 0 fully saturated rings. The molecule has 2 rings (SSSR count). The lowest BCUT2D eigenvalue weighted by Gasteiger charge is -2.20. The maximum Gasteiger partial charge on any atom is 0.0205 e. The van der Waals surface area contributed by atoms with E-state index >= 15 is 0 Å². The largest absolute Gasteiger partial charge is 0.307 e. The molecule has 0 unspecified atom stereocenters. The molecular formula is C19H27NSi. The van der Waals surface area contributed by atoms with E-state index in [-0.39, 0.29) is 0 Å². The average Bonchev–Trinajstić information content (AvgIpc) is 2.55. The van der Waals surface area contributed by atoms with E-state index in [2.05, 4.69) is 65.6 Å². The van der Waals surface area contributed by atoms with Gasteiger partial charge in [0.25, 0.3) is 0 Å². The van der Waals surface area contributed by atoms with Crippen molar-refractivity contribution in [2.24, 2.45) is 0 Å². The van der Waals surface area contributed by atoms with Crippen molar-refractivity contribution in [2.75, 3.05) is 19.3 Å². The fourth-order valence-corrected chi connectivity index (χ4v) is 3.36. The van der Waals surface area contributed by atoms with Gasteiger partial charge in [0.1, 0.15) is 0 Å². The quantitative estimate of drug-likeness (QED) is 0.643. The van der Waals surface area contributed by atoms with Crippen LogP contribution in [0.5, 0.6) is 0 Å². The zero-order chi connectivity index (χ0) is 14.8. The van der Waals surface area contributed by atoms with Crippen molar-refractivity contribution in [3.05, 3.63) is 71.8 Å². The fourth-order valence-electron chi connectivity index (χ4n) is 2.73. The van der Waals surface area contributed by atoms with E-state index in [9.17, 15) is 0 Å². The first-order valence-electron chi connectivity index (χ1n) is 8.18. The van der Waals surface area contributed by atoms with E-state index in [1.54, 1.807) is 0 Å². The predicted molar refractivity (Wildman–Crippen MR) is 95.9 cm³/mol. The summed E-state index contributed by atoms with van der Waals surface area (Å²) < 4.78 is 0. The van der Waals surface area contributed by atoms with Crippen molar-refractivity contribution in [3.8, 4) is 0 Å². The summed E-state index contributed by atoms with van der Waals surface area (Å²) in [7, 11) is 1.27. The Morgan fingerprint density at radius 3 is 1.48 bits per heavy atom. The summed E-state index contributed by atoms with van der Waals surface area (Å²) in [6.07, 6.45) is 6.26. The van der Waals surface area contributed by atoms with Gasteiger partial charge in [0.2, 0.25) is 0 Å². The Hall–Kier alpha value is -1.38. The van der Waals surface area contributed by atoms with Crippen LogP contribution in [-0.2, 0) is 12.8 Å². The SMILES string of the molecule is [SiH3]CN(CCCc1ccccc1)CCCc1ccccc1. The van der Waals surface area contributed by atoms with Crippen molar-refractivity contribution in [3.63, 3.8) is 0 Å². The molecule has 0 aromatic heterocycles. The second-order valence-corrected chi connectivity index (χ2v) is 6.25. The number of nitrogens with zero attached hydrogens (tertiary/aromatic N) is 1. The lowest BCUT2D eigenvalue weighted by atomic mass is 10.1. The van der Waals surface area contributed by atoms with Crippen LogP contribution in [0, 0.1) is 0 Å². The highest BCUT2D eigenvalue weighted by Gasteiger charge is 2.02. The normalized spacial score (nSPS) is 11.1. The van der Waals surface area contributed by atoms with E-state index in [1.165, 1.54) is 66.3 Å². The van der Waals surface area contributed by atoms with Gasteiger partial charge >= 0.3 is 0 Å². The highest BCUT2D eigenvalue weighted by Crippen LogP contribution is 2.06. The van der Waals surface area contributed by atoms with Gasteiger partial charge in [-0.3, -0.25) is 0 Å². The molecule has 0 aliphatic heterocycles. The average molecular weight is 298 g/mol. The topological polar surface area (TPSA) is 3.24 Å². The molecule has 2 heteroatoms. The van der Waals surface area contributed by atoms with Gasteiger partial charge in [-0.2, -0.15) is 0 Å². The minimum absolute atomic E-state index is 1.21. The first-order valence-corrected chi connectivity index (χ1v) is 9.60. The molecule has 0 aliphatic rings. The van der Waals surface area contributed by atoms with Crippen molar-refractivity contribution < 1.29 is 0 Å². The Morgan fingerprint density at radius 1 is 0.667 bits per heavy atom. The molecule has 0 N–H and O–H groups in total. The zero-order valence-electron chi connectivity index (χ0n) is 13.2. The van der Waals surface area contributed by atoms with Gasteiger partial charge in [-0.25, -0.2) is 0 Å². The lowest BCUT2D eigenvalue weighted by Crippen LogP contribution is -2.28. The number of benzene rings is 2. The Kier molecular flexibility index (Phi) is 7.26. The van der Waals surface area contributed by atoms with Crippen molar-refractivity contribution in [1.82, 2.24) is 4.90 Å². The number of rotatable bonds is 9. The summed E-state index contributed by atoms with van der Waals surface area (Å²) in [6.45, 7) is 2.49. The molecule has 2 aromatic carbocycles. The Morgan fingerprint density at radius 2 is 1.10 bits per heavy atom. The van der Waals surface area contributed by atoms with Crippen LogP contribution in [0.3, 0.4) is 0 Å². The van der Waals surface area contributed by atoms with Gasteiger partial charge in [0, 0.05) is 10.2 Å². The van der Waals surface area contributed by atoms with Crippen LogP contribution in [-0.4, -0.2) is 34.4 Å². The van der Waals surface area contributed by atoms with Crippen LogP contribution in [0.2, 0.25) is 0 Å². The molecule has 0 bridgehead atoms. The van der Waals surface area contributed by atoms with Crippen LogP contribution in [0.1, 0.15) is 24.0 Å². The minimum Gasteiger partial charge on any atom is -0.307 e. The molecule has 0 amide bonds. The molecule has 0 atom stereocenters. The number of hydrogen-bond donors (Lipinski definition) is 0. The molecule has 0 saturated carbocycles. The van der Waals surface area contributed by atoms with Crippen molar-refractivity contribution >= 4 is 10.2 Å². The zero-order valence-corrected chi connectivity index (χ0v) is 15.2. The van der Waals surface area contributed by atoms with E-state index in [0.29, 0.717) is 0 Å². The van der Waals surface area contributed by atoms with Crippen LogP contribution in [0.4, 0.5) is 0 Å². The molecule has 0 aliphatic carbocycles. The molecule has 0 radical (unpaired) electrons. The van der Waals surface area contributed by atoms with Gasteiger partial charge in [0.15, 0.2) is 0 Å². The van der Waals surface area contributed by atoms with Crippen molar-refractivity contribution in [1.29, 1.82) is 0 Å². The fraction of sp³-hybridized carbons (Fsp3) is 0.368. The van der Waals surface area contributed by atoms with E-state index < -0.39 is 0 Å². The van der Waals surface area contributed by atoms with E-state index in [1.807, 2.05) is 0 Å². The first-order chi connectivity index (χ1) is 10.4. The molecule has 0 heterocycles. The summed E-state index contributed by atoms with van der Waals surface area (Å²) in [4.78, 5) is 2.64. The molecule has 0 saturated heterocycles. The minimum atomic E-state index is 1.21. The Bertz CT molecular complexity index is 438. The smallest absolute Gasteiger partial charge is 0.0205 e. The number of hydrogen-bond acceptors (Lipinski definition) is 1.